The van der Waals surface area contributed by atoms with Gasteiger partial charge in [-0.25, -0.2) is 4.79 Å². The summed E-state index contributed by atoms with van der Waals surface area (Å²) in [7, 11) is 0. The number of alkyl carbamates (subject to hydrolysis) is 1. The summed E-state index contributed by atoms with van der Waals surface area (Å²) < 4.78 is 11.3. The molecule has 1 saturated heterocycles. The van der Waals surface area contributed by atoms with Gasteiger partial charge in [-0.1, -0.05) is 25.0 Å². The van der Waals surface area contributed by atoms with E-state index in [4.69, 9.17) is 9.47 Å². The smallest absolute Gasteiger partial charge is 0.407 e. The molecule has 5 heteroatoms. The minimum atomic E-state index is -0.441. The van der Waals surface area contributed by atoms with Crippen LogP contribution in [0.2, 0.25) is 0 Å². The summed E-state index contributed by atoms with van der Waals surface area (Å²) in [6.07, 6.45) is 11.2. The molecule has 26 heavy (non-hydrogen) atoms. The molecule has 1 aliphatic heterocycles. The Balaban J connectivity index is 1.77. The Labute approximate surface area is 159 Å². The largest absolute Gasteiger partial charge is 0.444 e. The van der Waals surface area contributed by atoms with Gasteiger partial charge < -0.3 is 19.7 Å². The molecule has 0 spiro atoms. The van der Waals surface area contributed by atoms with Crippen molar-refractivity contribution in [2.24, 2.45) is 5.92 Å². The zero-order chi connectivity index (χ0) is 19.0. The van der Waals surface area contributed by atoms with Crippen LogP contribution in [0.25, 0.3) is 0 Å². The highest BCUT2D eigenvalue weighted by molar-refractivity contribution is 5.68. The van der Waals surface area contributed by atoms with Gasteiger partial charge in [0.2, 0.25) is 0 Å². The third-order valence-corrected chi connectivity index (χ3v) is 5.30. The molecule has 0 unspecified atom stereocenters. The van der Waals surface area contributed by atoms with Crippen LogP contribution in [0.5, 0.6) is 0 Å². The first kappa shape index (κ1) is 21.2. The molecule has 0 bridgehead atoms. The molecule has 5 nitrogen and oxygen atoms in total. The second-order valence-corrected chi connectivity index (χ2v) is 8.70. The van der Waals surface area contributed by atoms with Crippen LogP contribution in [0.1, 0.15) is 66.2 Å². The predicted molar refractivity (Wildman–Crippen MR) is 105 cm³/mol. The van der Waals surface area contributed by atoms with E-state index in [2.05, 4.69) is 16.3 Å². The van der Waals surface area contributed by atoms with E-state index >= 15 is 0 Å². The lowest BCUT2D eigenvalue weighted by Crippen LogP contribution is -2.49. The maximum atomic E-state index is 12.2. The number of carbonyl (C=O) groups is 1. The summed E-state index contributed by atoms with van der Waals surface area (Å²) in [6, 6.07) is 0.238. The van der Waals surface area contributed by atoms with Crippen molar-refractivity contribution in [2.45, 2.75) is 84.0 Å². The summed E-state index contributed by atoms with van der Waals surface area (Å²) in [4.78, 5) is 14.7. The Morgan fingerprint density at radius 1 is 1.15 bits per heavy atom. The van der Waals surface area contributed by atoms with E-state index in [9.17, 15) is 4.79 Å². The lowest BCUT2D eigenvalue weighted by Gasteiger charge is -2.38. The number of likely N-dealkylation sites (tertiary alicyclic amines) is 1. The van der Waals surface area contributed by atoms with Gasteiger partial charge in [-0.05, 0) is 59.3 Å². The van der Waals surface area contributed by atoms with Crippen LogP contribution in [0.15, 0.2) is 12.2 Å². The Morgan fingerprint density at radius 2 is 1.85 bits per heavy atom. The van der Waals surface area contributed by atoms with Crippen LogP contribution >= 0.6 is 0 Å². The number of allylic oxidation sites excluding steroid dienone is 1. The number of piperidine rings is 1. The van der Waals surface area contributed by atoms with E-state index in [-0.39, 0.29) is 12.1 Å². The van der Waals surface area contributed by atoms with Crippen molar-refractivity contribution in [1.29, 1.82) is 0 Å². The second kappa shape index (κ2) is 10.3. The lowest BCUT2D eigenvalue weighted by molar-refractivity contribution is 0.0142. The molecule has 0 aromatic heterocycles. The average molecular weight is 367 g/mol. The van der Waals surface area contributed by atoms with Gasteiger partial charge in [-0.3, -0.25) is 0 Å². The highest BCUT2D eigenvalue weighted by Crippen LogP contribution is 2.27. The maximum Gasteiger partial charge on any atom is 0.407 e. The average Bonchev–Trinajstić information content (AvgIpc) is 2.57. The standard InChI is InChI=1S/C21H38N2O3/c1-5-6-15-25-18-11-13-23(14-12-18)16-17-9-7-8-10-19(17)22-20(24)26-21(2,3)4/h5-6,17-19H,7-16H2,1-4H3,(H,22,24)/t17-,19+/m0/s1. The number of amides is 1. The first-order valence-electron chi connectivity index (χ1n) is 10.3. The van der Waals surface area contributed by atoms with Gasteiger partial charge >= 0.3 is 6.09 Å². The Kier molecular flexibility index (Phi) is 8.42. The molecule has 2 rings (SSSR count). The normalized spacial score (nSPS) is 26.2. The molecular weight excluding hydrogens is 328 g/mol. The van der Waals surface area contributed by atoms with Gasteiger partial charge in [0.15, 0.2) is 0 Å². The maximum absolute atomic E-state index is 12.2. The highest BCUT2D eigenvalue weighted by atomic mass is 16.6. The minimum absolute atomic E-state index is 0.238. The third-order valence-electron chi connectivity index (χ3n) is 5.30. The SMILES string of the molecule is CC=CCOC1CCN(C[C@@H]2CCCC[C@H]2NC(=O)OC(C)(C)C)CC1. The van der Waals surface area contributed by atoms with Crippen molar-refractivity contribution in [2.75, 3.05) is 26.2 Å². The van der Waals surface area contributed by atoms with Crippen LogP contribution in [-0.4, -0.2) is 55.0 Å². The Bertz CT molecular complexity index is 451. The molecule has 1 amide bonds. The Hall–Kier alpha value is -1.07. The number of hydrogen-bond donors (Lipinski definition) is 1. The number of rotatable bonds is 6. The minimum Gasteiger partial charge on any atom is -0.444 e. The first-order chi connectivity index (χ1) is 12.4. The predicted octanol–water partition coefficient (Wildman–Crippen LogP) is 4.13. The molecule has 1 heterocycles. The molecule has 1 saturated carbocycles. The molecular formula is C21H38N2O3. The lowest BCUT2D eigenvalue weighted by atomic mass is 9.84. The van der Waals surface area contributed by atoms with Crippen molar-refractivity contribution in [3.8, 4) is 0 Å². The van der Waals surface area contributed by atoms with Gasteiger partial charge in [0, 0.05) is 25.7 Å². The van der Waals surface area contributed by atoms with E-state index in [1.165, 1.54) is 19.3 Å². The van der Waals surface area contributed by atoms with E-state index in [0.29, 0.717) is 12.0 Å². The molecule has 2 fully saturated rings. The summed E-state index contributed by atoms with van der Waals surface area (Å²) in [5.41, 5.74) is -0.441. The van der Waals surface area contributed by atoms with E-state index in [1.54, 1.807) is 0 Å². The van der Waals surface area contributed by atoms with Crippen molar-refractivity contribution in [3.63, 3.8) is 0 Å². The van der Waals surface area contributed by atoms with Gasteiger partial charge in [-0.15, -0.1) is 0 Å². The summed E-state index contributed by atoms with van der Waals surface area (Å²) in [6.45, 7) is 11.7. The quantitative estimate of drug-likeness (QED) is 0.718. The van der Waals surface area contributed by atoms with Crippen molar-refractivity contribution < 1.29 is 14.3 Å². The number of carbonyl (C=O) groups excluding carboxylic acids is 1. The fourth-order valence-electron chi connectivity index (χ4n) is 3.95. The molecule has 2 aliphatic rings. The first-order valence-corrected chi connectivity index (χ1v) is 10.3. The summed E-state index contributed by atoms with van der Waals surface area (Å²) in [5.74, 6) is 0.525. The van der Waals surface area contributed by atoms with E-state index < -0.39 is 5.60 Å². The fourth-order valence-corrected chi connectivity index (χ4v) is 3.95. The van der Waals surface area contributed by atoms with E-state index in [0.717, 1.165) is 45.5 Å². The highest BCUT2D eigenvalue weighted by Gasteiger charge is 2.31. The molecule has 150 valence electrons. The number of nitrogens with zero attached hydrogens (tertiary/aromatic N) is 1. The van der Waals surface area contributed by atoms with E-state index in [1.807, 2.05) is 33.8 Å². The van der Waals surface area contributed by atoms with Gasteiger partial charge in [-0.2, -0.15) is 0 Å². The molecule has 0 radical (unpaired) electrons. The monoisotopic (exact) mass is 366 g/mol. The van der Waals surface area contributed by atoms with Gasteiger partial charge in [0.25, 0.3) is 0 Å². The summed E-state index contributed by atoms with van der Waals surface area (Å²) in [5, 5.41) is 3.14. The topological polar surface area (TPSA) is 50.8 Å². The van der Waals surface area contributed by atoms with Crippen molar-refractivity contribution in [1.82, 2.24) is 10.2 Å². The van der Waals surface area contributed by atoms with Crippen molar-refractivity contribution >= 4 is 6.09 Å². The molecule has 0 aromatic carbocycles. The molecule has 2 atom stereocenters. The van der Waals surface area contributed by atoms with Crippen molar-refractivity contribution in [3.05, 3.63) is 12.2 Å². The zero-order valence-corrected chi connectivity index (χ0v) is 17.1. The molecule has 1 aliphatic carbocycles. The Morgan fingerprint density at radius 3 is 2.50 bits per heavy atom. The summed E-state index contributed by atoms with van der Waals surface area (Å²) >= 11 is 0. The van der Waals surface area contributed by atoms with Crippen LogP contribution in [-0.2, 0) is 9.47 Å². The molecule has 0 aromatic rings. The van der Waals surface area contributed by atoms with Crippen LogP contribution in [0.3, 0.4) is 0 Å². The number of hydrogen-bond acceptors (Lipinski definition) is 4. The molecule has 1 N–H and O–H groups in total. The number of ether oxygens (including phenoxy) is 2. The third kappa shape index (κ3) is 7.67. The van der Waals surface area contributed by atoms with Crippen LogP contribution < -0.4 is 5.32 Å². The van der Waals surface area contributed by atoms with Crippen LogP contribution in [0, 0.1) is 5.92 Å². The number of nitrogens with one attached hydrogen (secondary N) is 1. The fraction of sp³-hybridized carbons (Fsp3) is 0.857. The van der Waals surface area contributed by atoms with Gasteiger partial charge in [0.1, 0.15) is 5.60 Å². The second-order valence-electron chi connectivity index (χ2n) is 8.70. The van der Waals surface area contributed by atoms with Crippen LogP contribution in [0.4, 0.5) is 4.79 Å². The van der Waals surface area contributed by atoms with Gasteiger partial charge in [0.05, 0.1) is 12.7 Å². The zero-order valence-electron chi connectivity index (χ0n) is 17.1.